The molecular weight excluding hydrogens is 404 g/mol. The standard InChI is InChI=1S/C26H30N2O4/c1-17(2)32-25-14-21(10-11-23(25)26(30)31)20-8-6-19(7-9-20)13-18(3)28-16-24(29)22-5-4-12-27-15-22/h4-12,14-15,17-18,24,28-29H,13,16H2,1-3H3,(H,30,31)/t18-,24-/m1/s1. The highest BCUT2D eigenvalue weighted by atomic mass is 16.5. The lowest BCUT2D eigenvalue weighted by Crippen LogP contribution is -2.32. The molecule has 2 aromatic carbocycles. The fourth-order valence-corrected chi connectivity index (χ4v) is 3.49. The van der Waals surface area contributed by atoms with E-state index in [1.165, 1.54) is 5.56 Å². The lowest BCUT2D eigenvalue weighted by molar-refractivity contribution is 0.0690. The van der Waals surface area contributed by atoms with Crippen LogP contribution in [0.25, 0.3) is 11.1 Å². The number of hydrogen-bond acceptors (Lipinski definition) is 5. The first-order chi connectivity index (χ1) is 15.3. The minimum atomic E-state index is -1.00. The second kappa shape index (κ2) is 10.9. The third-order valence-electron chi connectivity index (χ3n) is 5.13. The van der Waals surface area contributed by atoms with E-state index in [2.05, 4.69) is 29.4 Å². The van der Waals surface area contributed by atoms with Crippen LogP contribution in [0.5, 0.6) is 5.75 Å². The Morgan fingerprint density at radius 2 is 1.78 bits per heavy atom. The molecule has 0 amide bonds. The number of ether oxygens (including phenoxy) is 1. The molecule has 0 unspecified atom stereocenters. The zero-order valence-corrected chi connectivity index (χ0v) is 18.7. The molecule has 0 aliphatic heterocycles. The number of rotatable bonds is 10. The predicted molar refractivity (Wildman–Crippen MR) is 125 cm³/mol. The molecule has 0 aliphatic carbocycles. The maximum atomic E-state index is 11.5. The van der Waals surface area contributed by atoms with E-state index in [9.17, 15) is 15.0 Å². The van der Waals surface area contributed by atoms with Gasteiger partial charge in [-0.3, -0.25) is 4.98 Å². The Bertz CT molecular complexity index is 1020. The summed E-state index contributed by atoms with van der Waals surface area (Å²) in [4.78, 5) is 15.5. The van der Waals surface area contributed by atoms with Crippen LogP contribution < -0.4 is 10.1 Å². The van der Waals surface area contributed by atoms with E-state index in [1.54, 1.807) is 30.6 Å². The average Bonchev–Trinajstić information content (AvgIpc) is 2.78. The molecule has 0 spiro atoms. The first-order valence-electron chi connectivity index (χ1n) is 10.8. The summed E-state index contributed by atoms with van der Waals surface area (Å²) >= 11 is 0. The van der Waals surface area contributed by atoms with Gasteiger partial charge in [-0.05, 0) is 62.1 Å². The van der Waals surface area contributed by atoms with E-state index in [0.29, 0.717) is 12.3 Å². The van der Waals surface area contributed by atoms with Crippen molar-refractivity contribution in [3.05, 3.63) is 83.7 Å². The topological polar surface area (TPSA) is 91.7 Å². The van der Waals surface area contributed by atoms with E-state index >= 15 is 0 Å². The van der Waals surface area contributed by atoms with Gasteiger partial charge in [-0.1, -0.05) is 36.4 Å². The number of aromatic nitrogens is 1. The molecule has 2 atom stereocenters. The van der Waals surface area contributed by atoms with Crippen molar-refractivity contribution in [1.82, 2.24) is 10.3 Å². The highest BCUT2D eigenvalue weighted by molar-refractivity contribution is 5.92. The van der Waals surface area contributed by atoms with Gasteiger partial charge in [0.25, 0.3) is 0 Å². The average molecular weight is 435 g/mol. The van der Waals surface area contributed by atoms with Crippen LogP contribution in [0.15, 0.2) is 67.0 Å². The fraction of sp³-hybridized carbons (Fsp3) is 0.308. The first kappa shape index (κ1) is 23.4. The molecule has 0 bridgehead atoms. The van der Waals surface area contributed by atoms with Crippen LogP contribution >= 0.6 is 0 Å². The number of carboxylic acid groups (broad SMARTS) is 1. The van der Waals surface area contributed by atoms with Gasteiger partial charge < -0.3 is 20.3 Å². The van der Waals surface area contributed by atoms with Crippen molar-refractivity contribution in [3.8, 4) is 16.9 Å². The molecule has 0 saturated carbocycles. The lowest BCUT2D eigenvalue weighted by atomic mass is 9.99. The fourth-order valence-electron chi connectivity index (χ4n) is 3.49. The number of benzene rings is 2. The van der Waals surface area contributed by atoms with Gasteiger partial charge in [0.15, 0.2) is 0 Å². The molecule has 3 N–H and O–H groups in total. The molecule has 3 aromatic rings. The molecule has 1 aromatic heterocycles. The van der Waals surface area contributed by atoms with E-state index in [0.717, 1.165) is 23.1 Å². The highest BCUT2D eigenvalue weighted by Gasteiger charge is 2.14. The van der Waals surface area contributed by atoms with Gasteiger partial charge in [-0.25, -0.2) is 4.79 Å². The Balaban J connectivity index is 1.62. The van der Waals surface area contributed by atoms with Crippen LogP contribution in [-0.4, -0.2) is 39.9 Å². The van der Waals surface area contributed by atoms with Gasteiger partial charge in [-0.2, -0.15) is 0 Å². The lowest BCUT2D eigenvalue weighted by Gasteiger charge is -2.17. The SMILES string of the molecule is CC(C)Oc1cc(-c2ccc(C[C@@H](C)NC[C@@H](O)c3cccnc3)cc2)ccc1C(=O)O. The van der Waals surface area contributed by atoms with Gasteiger partial charge in [0.1, 0.15) is 11.3 Å². The van der Waals surface area contributed by atoms with Crippen LogP contribution in [0.4, 0.5) is 0 Å². The predicted octanol–water partition coefficient (Wildman–Crippen LogP) is 4.49. The van der Waals surface area contributed by atoms with Crippen LogP contribution in [0.1, 0.15) is 48.4 Å². The van der Waals surface area contributed by atoms with Gasteiger partial charge in [0.2, 0.25) is 0 Å². The zero-order chi connectivity index (χ0) is 23.1. The van der Waals surface area contributed by atoms with Crippen molar-refractivity contribution in [3.63, 3.8) is 0 Å². The number of aliphatic hydroxyl groups excluding tert-OH is 1. The Labute approximate surface area is 188 Å². The van der Waals surface area contributed by atoms with Gasteiger partial charge in [-0.15, -0.1) is 0 Å². The summed E-state index contributed by atoms with van der Waals surface area (Å²) in [5.41, 5.74) is 4.03. The minimum Gasteiger partial charge on any atom is -0.490 e. The molecule has 0 fully saturated rings. The molecule has 32 heavy (non-hydrogen) atoms. The number of hydrogen-bond donors (Lipinski definition) is 3. The van der Waals surface area contributed by atoms with Gasteiger partial charge in [0, 0.05) is 30.5 Å². The summed E-state index contributed by atoms with van der Waals surface area (Å²) < 4.78 is 5.71. The summed E-state index contributed by atoms with van der Waals surface area (Å²) in [6.07, 6.45) is 3.48. The van der Waals surface area contributed by atoms with Crippen molar-refractivity contribution >= 4 is 5.97 Å². The van der Waals surface area contributed by atoms with Crippen LogP contribution in [-0.2, 0) is 6.42 Å². The van der Waals surface area contributed by atoms with E-state index in [1.807, 2.05) is 38.1 Å². The van der Waals surface area contributed by atoms with Crippen LogP contribution in [0.2, 0.25) is 0 Å². The first-order valence-corrected chi connectivity index (χ1v) is 10.8. The maximum absolute atomic E-state index is 11.5. The third kappa shape index (κ3) is 6.39. The molecule has 6 heteroatoms. The maximum Gasteiger partial charge on any atom is 0.339 e. The largest absolute Gasteiger partial charge is 0.490 e. The summed E-state index contributed by atoms with van der Waals surface area (Å²) in [5, 5.41) is 23.0. The molecule has 168 valence electrons. The van der Waals surface area contributed by atoms with Crippen molar-refractivity contribution in [2.45, 2.75) is 45.4 Å². The summed E-state index contributed by atoms with van der Waals surface area (Å²) in [7, 11) is 0. The smallest absolute Gasteiger partial charge is 0.339 e. The van der Waals surface area contributed by atoms with Crippen molar-refractivity contribution in [2.75, 3.05) is 6.54 Å². The molecule has 0 radical (unpaired) electrons. The molecule has 1 heterocycles. The number of carboxylic acids is 1. The second-order valence-corrected chi connectivity index (χ2v) is 8.20. The number of nitrogens with one attached hydrogen (secondary N) is 1. The number of pyridine rings is 1. The summed E-state index contributed by atoms with van der Waals surface area (Å²) in [5.74, 6) is -0.628. The number of aromatic carboxylic acids is 1. The van der Waals surface area contributed by atoms with E-state index in [4.69, 9.17) is 4.74 Å². The van der Waals surface area contributed by atoms with E-state index < -0.39 is 12.1 Å². The number of nitrogens with zero attached hydrogens (tertiary/aromatic N) is 1. The molecule has 0 saturated heterocycles. The third-order valence-corrected chi connectivity index (χ3v) is 5.13. The zero-order valence-electron chi connectivity index (χ0n) is 18.7. The quantitative estimate of drug-likeness (QED) is 0.436. The molecular formula is C26H30N2O4. The Morgan fingerprint density at radius 1 is 1.06 bits per heavy atom. The Kier molecular flexibility index (Phi) is 7.98. The van der Waals surface area contributed by atoms with Crippen molar-refractivity contribution < 1.29 is 19.7 Å². The normalized spacial score (nSPS) is 13.0. The minimum absolute atomic E-state index is 0.114. The number of carbonyl (C=O) groups is 1. The van der Waals surface area contributed by atoms with Gasteiger partial charge >= 0.3 is 5.97 Å². The Hall–Kier alpha value is -3.22. The van der Waals surface area contributed by atoms with Crippen molar-refractivity contribution in [2.24, 2.45) is 0 Å². The van der Waals surface area contributed by atoms with E-state index in [-0.39, 0.29) is 17.7 Å². The molecule has 3 rings (SSSR count). The van der Waals surface area contributed by atoms with Crippen LogP contribution in [0, 0.1) is 0 Å². The second-order valence-electron chi connectivity index (χ2n) is 8.20. The monoisotopic (exact) mass is 434 g/mol. The summed E-state index contributed by atoms with van der Waals surface area (Å²) in [6, 6.07) is 17.2. The van der Waals surface area contributed by atoms with Crippen molar-refractivity contribution in [1.29, 1.82) is 0 Å². The highest BCUT2D eigenvalue weighted by Crippen LogP contribution is 2.28. The molecule has 6 nitrogen and oxygen atoms in total. The number of aliphatic hydroxyl groups is 1. The van der Waals surface area contributed by atoms with Gasteiger partial charge in [0.05, 0.1) is 12.2 Å². The summed E-state index contributed by atoms with van der Waals surface area (Å²) in [6.45, 7) is 6.29. The molecule has 0 aliphatic rings. The Morgan fingerprint density at radius 3 is 2.41 bits per heavy atom. The van der Waals surface area contributed by atoms with Crippen LogP contribution in [0.3, 0.4) is 0 Å².